The predicted molar refractivity (Wildman–Crippen MR) is 155 cm³/mol. The third kappa shape index (κ3) is 5.28. The summed E-state index contributed by atoms with van der Waals surface area (Å²) >= 11 is 0. The second kappa shape index (κ2) is 11.6. The van der Waals surface area contributed by atoms with Crippen LogP contribution in [0.1, 0.15) is 48.8 Å². The molecule has 3 aliphatic rings. The van der Waals surface area contributed by atoms with E-state index in [9.17, 15) is 20.6 Å². The third-order valence-corrected chi connectivity index (χ3v) is 7.48. The van der Waals surface area contributed by atoms with Crippen LogP contribution in [0.2, 0.25) is 0 Å². The molecule has 192 valence electrons. The summed E-state index contributed by atoms with van der Waals surface area (Å²) in [5.74, 6) is 12.6. The number of fused-ring (bicyclic) bond motifs is 1. The van der Waals surface area contributed by atoms with Gasteiger partial charge in [-0.2, -0.15) is 10.5 Å². The maximum absolute atomic E-state index is 10.9. The van der Waals surface area contributed by atoms with E-state index < -0.39 is 10.3 Å². The van der Waals surface area contributed by atoms with Crippen LogP contribution in [0, 0.1) is 67.8 Å². The monoisotopic (exact) mass is 519 g/mol. The normalized spacial score (nSPS) is 18.2. The van der Waals surface area contributed by atoms with Crippen molar-refractivity contribution in [3.05, 3.63) is 129 Å². The van der Waals surface area contributed by atoms with Gasteiger partial charge in [0.2, 0.25) is 0 Å². The van der Waals surface area contributed by atoms with Crippen LogP contribution in [-0.4, -0.2) is 4.92 Å². The highest BCUT2D eigenvalue weighted by molar-refractivity contribution is 5.83. The first-order chi connectivity index (χ1) is 19.5. The van der Waals surface area contributed by atoms with Gasteiger partial charge < -0.3 is 0 Å². The van der Waals surface area contributed by atoms with Crippen molar-refractivity contribution >= 4 is 11.3 Å². The molecule has 0 heterocycles. The van der Waals surface area contributed by atoms with Crippen molar-refractivity contribution in [3.63, 3.8) is 0 Å². The molecule has 0 spiro atoms. The summed E-state index contributed by atoms with van der Waals surface area (Å²) in [6.07, 6.45) is 16.9. The highest BCUT2D eigenvalue weighted by atomic mass is 16.6. The van der Waals surface area contributed by atoms with E-state index in [1.165, 1.54) is 24.1 Å². The maximum atomic E-state index is 10.9. The highest BCUT2D eigenvalue weighted by Crippen LogP contribution is 2.51. The van der Waals surface area contributed by atoms with Gasteiger partial charge in [-0.25, -0.2) is 0 Å². The lowest BCUT2D eigenvalue weighted by molar-refractivity contribution is -0.384. The Morgan fingerprint density at radius 1 is 0.850 bits per heavy atom. The number of nitro groups is 1. The van der Waals surface area contributed by atoms with Gasteiger partial charge in [0, 0.05) is 29.2 Å². The topological polar surface area (TPSA) is 90.7 Å². The van der Waals surface area contributed by atoms with Crippen LogP contribution in [0.15, 0.2) is 102 Å². The van der Waals surface area contributed by atoms with Crippen LogP contribution < -0.4 is 0 Å². The number of nitriles is 2. The summed E-state index contributed by atoms with van der Waals surface area (Å²) in [6.45, 7) is 0. The molecule has 2 aromatic rings. The van der Waals surface area contributed by atoms with E-state index in [0.29, 0.717) is 11.1 Å². The first-order valence-electron chi connectivity index (χ1n) is 13.2. The van der Waals surface area contributed by atoms with Crippen molar-refractivity contribution in [1.82, 2.24) is 0 Å². The molecule has 0 bridgehead atoms. The third-order valence-electron chi connectivity index (χ3n) is 7.48. The summed E-state index contributed by atoms with van der Waals surface area (Å²) in [7, 11) is 0. The van der Waals surface area contributed by atoms with E-state index in [0.717, 1.165) is 48.0 Å². The molecule has 5 nitrogen and oxygen atoms in total. The lowest BCUT2D eigenvalue weighted by atomic mass is 9.73. The zero-order valence-electron chi connectivity index (χ0n) is 21.9. The Hall–Kier alpha value is -5.36. The zero-order chi connectivity index (χ0) is 28.0. The SMILES string of the molecule is N#CC1(C#N)C(c2ccc(C#CC(C#Cc3ccc([N+](=O)[O-])cc3)=C3CCCCC3)cc2)=CC2=CC=CC=CC21. The largest absolute Gasteiger partial charge is 0.269 e. The van der Waals surface area contributed by atoms with E-state index >= 15 is 0 Å². The van der Waals surface area contributed by atoms with Gasteiger partial charge in [-0.15, -0.1) is 0 Å². The quantitative estimate of drug-likeness (QED) is 0.235. The van der Waals surface area contributed by atoms with E-state index in [2.05, 4.69) is 35.8 Å². The maximum Gasteiger partial charge on any atom is 0.269 e. The fraction of sp³-hybridized carbons (Fsp3) is 0.200. The van der Waals surface area contributed by atoms with Crippen LogP contribution in [0.5, 0.6) is 0 Å². The first kappa shape index (κ1) is 26.3. The smallest absolute Gasteiger partial charge is 0.258 e. The molecule has 0 amide bonds. The van der Waals surface area contributed by atoms with Gasteiger partial charge in [-0.3, -0.25) is 10.1 Å². The summed E-state index contributed by atoms with van der Waals surface area (Å²) in [5.41, 5.74) is 4.79. The van der Waals surface area contributed by atoms with Crippen molar-refractivity contribution in [1.29, 1.82) is 10.5 Å². The van der Waals surface area contributed by atoms with Crippen molar-refractivity contribution in [3.8, 4) is 35.8 Å². The number of nitrogens with zero attached hydrogens (tertiary/aromatic N) is 3. The lowest BCUT2D eigenvalue weighted by Crippen LogP contribution is -2.24. The van der Waals surface area contributed by atoms with Crippen LogP contribution in [-0.2, 0) is 0 Å². The molecular weight excluding hydrogens is 494 g/mol. The van der Waals surface area contributed by atoms with E-state index in [-0.39, 0.29) is 11.6 Å². The molecule has 5 heteroatoms. The molecule has 2 aromatic carbocycles. The Balaban J connectivity index is 1.44. The summed E-state index contributed by atoms with van der Waals surface area (Å²) in [4.78, 5) is 10.5. The second-order valence-corrected chi connectivity index (χ2v) is 9.92. The predicted octanol–water partition coefficient (Wildman–Crippen LogP) is 7.36. The summed E-state index contributed by atoms with van der Waals surface area (Å²) in [5, 5.41) is 31.2. The minimum Gasteiger partial charge on any atom is -0.258 e. The molecule has 0 N–H and O–H groups in total. The molecule has 40 heavy (non-hydrogen) atoms. The number of non-ortho nitro benzene ring substituents is 1. The summed E-state index contributed by atoms with van der Waals surface area (Å²) < 4.78 is 0. The fourth-order valence-electron chi connectivity index (χ4n) is 5.30. The molecule has 1 atom stereocenters. The van der Waals surface area contributed by atoms with Crippen molar-refractivity contribution in [2.45, 2.75) is 32.1 Å². The van der Waals surface area contributed by atoms with Crippen LogP contribution in [0.3, 0.4) is 0 Å². The Kier molecular flexibility index (Phi) is 7.60. The molecule has 1 fully saturated rings. The minimum absolute atomic E-state index is 0.0362. The number of nitro benzene ring substituents is 1. The fourth-order valence-corrected chi connectivity index (χ4v) is 5.30. The van der Waals surface area contributed by atoms with Crippen LogP contribution >= 0.6 is 0 Å². The molecule has 3 aliphatic carbocycles. The highest BCUT2D eigenvalue weighted by Gasteiger charge is 2.48. The van der Waals surface area contributed by atoms with Crippen LogP contribution in [0.4, 0.5) is 5.69 Å². The first-order valence-corrected chi connectivity index (χ1v) is 13.2. The molecule has 0 aromatic heterocycles. The average molecular weight is 520 g/mol. The number of rotatable bonds is 2. The van der Waals surface area contributed by atoms with Gasteiger partial charge in [0.25, 0.3) is 5.69 Å². The number of benzene rings is 2. The minimum atomic E-state index is -1.28. The lowest BCUT2D eigenvalue weighted by Gasteiger charge is -2.23. The van der Waals surface area contributed by atoms with Gasteiger partial charge in [-0.1, -0.05) is 78.7 Å². The second-order valence-electron chi connectivity index (χ2n) is 9.92. The van der Waals surface area contributed by atoms with Gasteiger partial charge in [0.05, 0.1) is 22.6 Å². The Morgan fingerprint density at radius 3 is 2.08 bits per heavy atom. The molecule has 5 rings (SSSR count). The Labute approximate surface area is 234 Å². The van der Waals surface area contributed by atoms with Gasteiger partial charge in [-0.05, 0) is 72.2 Å². The van der Waals surface area contributed by atoms with Gasteiger partial charge >= 0.3 is 0 Å². The summed E-state index contributed by atoms with van der Waals surface area (Å²) in [6, 6.07) is 18.5. The van der Waals surface area contributed by atoms with Crippen LogP contribution in [0.25, 0.3) is 5.57 Å². The van der Waals surface area contributed by atoms with E-state index in [1.807, 2.05) is 60.7 Å². The number of hydrogen-bond donors (Lipinski definition) is 0. The molecule has 0 saturated heterocycles. The molecular formula is C35H25N3O2. The standard InChI is InChI=1S/C35H25N3O2/c36-24-35(25-37)33-10-6-2-5-9-31(33)23-34(35)30-19-13-26(14-20-30)11-17-29(28-7-3-1-4-8-28)18-12-27-15-21-32(22-16-27)38(39)40/h2,5-6,9-10,13-16,19-23,33H,1,3-4,7-8H2. The van der Waals surface area contributed by atoms with Gasteiger partial charge in [0.1, 0.15) is 0 Å². The number of allylic oxidation sites excluding steroid dienone is 10. The van der Waals surface area contributed by atoms with E-state index in [4.69, 9.17) is 0 Å². The number of hydrogen-bond acceptors (Lipinski definition) is 4. The van der Waals surface area contributed by atoms with Gasteiger partial charge in [0.15, 0.2) is 5.41 Å². The average Bonchev–Trinajstić information content (AvgIpc) is 3.12. The zero-order valence-corrected chi connectivity index (χ0v) is 21.9. The van der Waals surface area contributed by atoms with E-state index in [1.54, 1.807) is 12.1 Å². The molecule has 1 unspecified atom stereocenters. The Bertz CT molecular complexity index is 1690. The Morgan fingerprint density at radius 2 is 1.48 bits per heavy atom. The van der Waals surface area contributed by atoms with Crippen molar-refractivity contribution < 1.29 is 4.92 Å². The molecule has 0 aliphatic heterocycles. The van der Waals surface area contributed by atoms with Crippen molar-refractivity contribution in [2.75, 3.05) is 0 Å². The van der Waals surface area contributed by atoms with Crippen molar-refractivity contribution in [2.24, 2.45) is 11.3 Å². The molecule has 0 radical (unpaired) electrons. The molecule has 1 saturated carbocycles.